The lowest BCUT2D eigenvalue weighted by atomic mass is 9.95. The third-order valence-electron chi connectivity index (χ3n) is 8.82. The molecule has 0 aromatic carbocycles. The van der Waals surface area contributed by atoms with Crippen molar-refractivity contribution in [3.8, 4) is 0 Å². The topological polar surface area (TPSA) is 192 Å². The first-order valence-electron chi connectivity index (χ1n) is 17.8. The summed E-state index contributed by atoms with van der Waals surface area (Å²) < 4.78 is 38.3. The van der Waals surface area contributed by atoms with E-state index in [1.165, 1.54) is 6.42 Å². The SMILES string of the molecule is CCOC(=O)c1cc2c(n(CCCN=[N+]=[N-])c1=O)CCCCCC2.CCOC(=O)c1cc2c(n(CCCNS(C)(=O)=O)c1=O)CCCCCC2. The Hall–Kier alpha value is -3.94. The van der Waals surface area contributed by atoms with Crippen LogP contribution in [0.1, 0.15) is 121 Å². The number of azide groups is 1. The number of nitrogens with one attached hydrogen (secondary N) is 1. The van der Waals surface area contributed by atoms with E-state index in [9.17, 15) is 27.6 Å². The van der Waals surface area contributed by atoms with Crippen molar-refractivity contribution in [1.82, 2.24) is 13.9 Å². The van der Waals surface area contributed by atoms with E-state index in [1.54, 1.807) is 35.1 Å². The Morgan fingerprint density at radius 2 is 1.22 bits per heavy atom. The average Bonchev–Trinajstić information content (AvgIpc) is 3.04. The van der Waals surface area contributed by atoms with Gasteiger partial charge in [-0.1, -0.05) is 30.8 Å². The van der Waals surface area contributed by atoms with Gasteiger partial charge in [0.2, 0.25) is 10.0 Å². The van der Waals surface area contributed by atoms with Crippen molar-refractivity contribution in [1.29, 1.82) is 0 Å². The number of ether oxygens (including phenoxy) is 2. The molecule has 2 heterocycles. The number of pyridine rings is 2. The van der Waals surface area contributed by atoms with Crippen LogP contribution in [-0.4, -0.2) is 62.0 Å². The molecule has 0 atom stereocenters. The maximum atomic E-state index is 12.9. The quantitative estimate of drug-likeness (QED) is 0.0983. The maximum Gasteiger partial charge on any atom is 0.343 e. The van der Waals surface area contributed by atoms with E-state index < -0.39 is 22.0 Å². The minimum atomic E-state index is -3.26. The molecular weight excluding hydrogens is 664 g/mol. The van der Waals surface area contributed by atoms with Crippen LogP contribution in [0.4, 0.5) is 0 Å². The summed E-state index contributed by atoms with van der Waals surface area (Å²) in [6, 6.07) is 3.43. The molecule has 2 aliphatic rings. The summed E-state index contributed by atoms with van der Waals surface area (Å²) in [6.07, 6.45) is 14.3. The van der Waals surface area contributed by atoms with Crippen LogP contribution in [-0.2, 0) is 58.3 Å². The number of esters is 2. The van der Waals surface area contributed by atoms with Gasteiger partial charge in [0.15, 0.2) is 0 Å². The van der Waals surface area contributed by atoms with Gasteiger partial charge in [0.1, 0.15) is 11.1 Å². The maximum absolute atomic E-state index is 12.9. The Labute approximate surface area is 294 Å². The van der Waals surface area contributed by atoms with Crippen molar-refractivity contribution in [3.63, 3.8) is 0 Å². The Bertz CT molecular complexity index is 1740. The van der Waals surface area contributed by atoms with E-state index in [4.69, 9.17) is 15.0 Å². The van der Waals surface area contributed by atoms with Gasteiger partial charge in [-0.25, -0.2) is 22.7 Å². The molecule has 0 amide bonds. The summed E-state index contributed by atoms with van der Waals surface area (Å²) in [6.45, 7) is 5.31. The monoisotopic (exact) mass is 716 g/mol. The molecule has 0 aliphatic heterocycles. The number of nitrogens with zero attached hydrogens (tertiary/aromatic N) is 5. The lowest BCUT2D eigenvalue weighted by molar-refractivity contribution is 0.0513. The van der Waals surface area contributed by atoms with Gasteiger partial charge in [-0.05, 0) is 107 Å². The van der Waals surface area contributed by atoms with E-state index >= 15 is 0 Å². The zero-order valence-electron chi connectivity index (χ0n) is 29.7. The summed E-state index contributed by atoms with van der Waals surface area (Å²) in [5.74, 6) is -1.15. The Balaban J connectivity index is 0.000000271. The first kappa shape index (κ1) is 40.5. The zero-order valence-corrected chi connectivity index (χ0v) is 30.5. The van der Waals surface area contributed by atoms with Crippen LogP contribution in [0.15, 0.2) is 26.8 Å². The van der Waals surface area contributed by atoms with E-state index in [-0.39, 0.29) is 42.0 Å². The van der Waals surface area contributed by atoms with Gasteiger partial charge in [0, 0.05) is 42.5 Å². The van der Waals surface area contributed by atoms with Crippen LogP contribution >= 0.6 is 0 Å². The minimum Gasteiger partial charge on any atom is -0.462 e. The van der Waals surface area contributed by atoms with Gasteiger partial charge in [0.25, 0.3) is 11.1 Å². The fraction of sp³-hybridized carbons (Fsp3) is 0.657. The van der Waals surface area contributed by atoms with Crippen LogP contribution in [0.5, 0.6) is 0 Å². The van der Waals surface area contributed by atoms with Gasteiger partial charge in [-0.2, -0.15) is 0 Å². The number of sulfonamides is 1. The predicted octanol–water partition coefficient (Wildman–Crippen LogP) is 5.01. The Kier molecular flexibility index (Phi) is 16.7. The van der Waals surface area contributed by atoms with Crippen molar-refractivity contribution in [2.75, 3.05) is 32.6 Å². The summed E-state index contributed by atoms with van der Waals surface area (Å²) in [7, 11) is -3.26. The molecule has 0 fully saturated rings. The molecule has 50 heavy (non-hydrogen) atoms. The van der Waals surface area contributed by atoms with Gasteiger partial charge in [-0.15, -0.1) is 0 Å². The van der Waals surface area contributed by atoms with Crippen LogP contribution in [0.3, 0.4) is 0 Å². The average molecular weight is 717 g/mol. The first-order valence-corrected chi connectivity index (χ1v) is 19.7. The molecule has 14 nitrogen and oxygen atoms in total. The van der Waals surface area contributed by atoms with Crippen LogP contribution < -0.4 is 15.8 Å². The number of fused-ring (bicyclic) bond motifs is 2. The van der Waals surface area contributed by atoms with E-state index in [0.29, 0.717) is 32.5 Å². The fourth-order valence-corrected chi connectivity index (χ4v) is 7.01. The smallest absolute Gasteiger partial charge is 0.343 e. The van der Waals surface area contributed by atoms with Crippen molar-refractivity contribution >= 4 is 22.0 Å². The highest BCUT2D eigenvalue weighted by Gasteiger charge is 2.22. The number of aryl methyl sites for hydroxylation is 2. The third-order valence-corrected chi connectivity index (χ3v) is 9.55. The highest BCUT2D eigenvalue weighted by atomic mass is 32.2. The second-order valence-electron chi connectivity index (χ2n) is 12.6. The number of aromatic nitrogens is 2. The Morgan fingerprint density at radius 3 is 1.64 bits per heavy atom. The second-order valence-corrected chi connectivity index (χ2v) is 14.4. The zero-order chi connectivity index (χ0) is 36.5. The molecule has 0 saturated heterocycles. The molecule has 0 unspecified atom stereocenters. The van der Waals surface area contributed by atoms with E-state index in [2.05, 4.69) is 14.7 Å². The van der Waals surface area contributed by atoms with Gasteiger partial charge >= 0.3 is 11.9 Å². The number of rotatable bonds is 13. The van der Waals surface area contributed by atoms with E-state index in [1.807, 2.05) is 0 Å². The highest BCUT2D eigenvalue weighted by molar-refractivity contribution is 7.88. The first-order chi connectivity index (χ1) is 24.0. The van der Waals surface area contributed by atoms with Crippen molar-refractivity contribution in [2.45, 2.75) is 117 Å². The predicted molar refractivity (Wildman–Crippen MR) is 191 cm³/mol. The normalized spacial score (nSPS) is 14.5. The summed E-state index contributed by atoms with van der Waals surface area (Å²) in [4.78, 5) is 52.7. The molecule has 4 rings (SSSR count). The van der Waals surface area contributed by atoms with Crippen LogP contribution in [0.25, 0.3) is 10.4 Å². The third kappa shape index (κ3) is 12.1. The largest absolute Gasteiger partial charge is 0.462 e. The highest BCUT2D eigenvalue weighted by Crippen LogP contribution is 2.22. The van der Waals surface area contributed by atoms with E-state index in [0.717, 1.165) is 99.4 Å². The molecule has 2 aromatic rings. The van der Waals surface area contributed by atoms with Crippen LogP contribution in [0.2, 0.25) is 0 Å². The molecule has 0 saturated carbocycles. The van der Waals surface area contributed by atoms with Crippen molar-refractivity contribution in [2.24, 2.45) is 5.11 Å². The standard InChI is InChI=1S/C18H28N2O5S.C17H24N4O3/c1-3-25-18(22)15-13-14-9-6-4-5-7-10-16(14)20(17(15)21)12-8-11-19-26(2,23)24;1-2-24-17(23)14-12-13-8-5-3-4-6-9-15(13)21(16(14)22)11-7-10-19-20-18/h13,19H,3-12H2,1-2H3;12H,2-11H2,1H3. The fourth-order valence-electron chi connectivity index (χ4n) is 6.49. The second kappa shape index (κ2) is 20.7. The number of hydrogen-bond donors (Lipinski definition) is 1. The molecule has 1 N–H and O–H groups in total. The molecule has 0 radical (unpaired) electrons. The molecule has 0 bridgehead atoms. The summed E-state index contributed by atoms with van der Waals surface area (Å²) >= 11 is 0. The van der Waals surface area contributed by atoms with Gasteiger partial charge in [0.05, 0.1) is 19.5 Å². The molecule has 276 valence electrons. The molecule has 15 heteroatoms. The minimum absolute atomic E-state index is 0.0715. The number of carbonyl (C=O) groups is 2. The Morgan fingerprint density at radius 1 is 0.780 bits per heavy atom. The number of carbonyl (C=O) groups excluding carboxylic acids is 2. The molecule has 0 spiro atoms. The molecular formula is C35H52N6O8S. The van der Waals surface area contributed by atoms with Crippen LogP contribution in [0, 0.1) is 0 Å². The van der Waals surface area contributed by atoms with Crippen molar-refractivity contribution in [3.05, 3.63) is 76.9 Å². The lowest BCUT2D eigenvalue weighted by Gasteiger charge is -2.21. The van der Waals surface area contributed by atoms with Crippen molar-refractivity contribution < 1.29 is 27.5 Å². The summed E-state index contributed by atoms with van der Waals surface area (Å²) in [5.41, 5.74) is 12.0. The molecule has 2 aromatic heterocycles. The lowest BCUT2D eigenvalue weighted by Crippen LogP contribution is -2.33. The molecule has 2 aliphatic carbocycles. The van der Waals surface area contributed by atoms with Gasteiger partial charge in [-0.3, -0.25) is 9.59 Å². The number of hydrogen-bond acceptors (Lipinski definition) is 9. The summed E-state index contributed by atoms with van der Waals surface area (Å²) in [5, 5.41) is 3.52. The van der Waals surface area contributed by atoms with Gasteiger partial charge < -0.3 is 18.6 Å².